The summed E-state index contributed by atoms with van der Waals surface area (Å²) in [4.78, 5) is 13.3. The molecule has 0 saturated heterocycles. The van der Waals surface area contributed by atoms with Crippen LogP contribution < -0.4 is 5.32 Å². The van der Waals surface area contributed by atoms with Crippen molar-refractivity contribution in [2.75, 3.05) is 18.6 Å². The van der Waals surface area contributed by atoms with E-state index in [1.54, 1.807) is 17.8 Å². The van der Waals surface area contributed by atoms with Crippen molar-refractivity contribution < 1.29 is 13.2 Å². The van der Waals surface area contributed by atoms with Gasteiger partial charge < -0.3 is 5.32 Å². The second-order valence-electron chi connectivity index (χ2n) is 4.40. The Labute approximate surface area is 128 Å². The minimum Gasteiger partial charge on any atom is -0.322 e. The predicted molar refractivity (Wildman–Crippen MR) is 84.7 cm³/mol. The Bertz CT molecular complexity index is 739. The second-order valence-corrected chi connectivity index (χ2v) is 6.93. The molecule has 0 fully saturated rings. The van der Waals surface area contributed by atoms with E-state index in [0.29, 0.717) is 5.69 Å². The van der Waals surface area contributed by atoms with Gasteiger partial charge in [0.25, 0.3) is 5.91 Å². The van der Waals surface area contributed by atoms with E-state index in [9.17, 15) is 13.2 Å². The molecule has 0 aliphatic carbocycles. The molecule has 0 spiro atoms. The minimum atomic E-state index is -3.70. The monoisotopic (exact) mass is 325 g/mol. The summed E-state index contributed by atoms with van der Waals surface area (Å²) in [6.45, 7) is 1.49. The lowest BCUT2D eigenvalue weighted by Gasteiger charge is -2.19. The third-order valence-corrected chi connectivity index (χ3v) is 4.95. The van der Waals surface area contributed by atoms with Gasteiger partial charge in [-0.2, -0.15) is 8.42 Å². The van der Waals surface area contributed by atoms with E-state index < -0.39 is 16.1 Å². The van der Waals surface area contributed by atoms with Crippen LogP contribution in [0.5, 0.6) is 0 Å². The fourth-order valence-corrected chi connectivity index (χ4v) is 3.02. The van der Waals surface area contributed by atoms with E-state index in [0.717, 1.165) is 9.20 Å². The Morgan fingerprint density at radius 3 is 2.76 bits per heavy atom. The van der Waals surface area contributed by atoms with Crippen molar-refractivity contribution in [1.82, 2.24) is 4.31 Å². The number of anilines is 1. The first kappa shape index (κ1) is 15.6. The van der Waals surface area contributed by atoms with Gasteiger partial charge in [-0.25, -0.2) is 0 Å². The molecule has 1 aliphatic rings. The predicted octanol–water partition coefficient (Wildman–Crippen LogP) is 1.88. The zero-order chi connectivity index (χ0) is 15.6. The molecular formula is C13H15N3O3S2. The minimum absolute atomic E-state index is 0.173. The quantitative estimate of drug-likeness (QED) is 0.861. The summed E-state index contributed by atoms with van der Waals surface area (Å²) in [5.41, 5.74) is 1.05. The number of hydrogen-bond donors (Lipinski definition) is 1. The molecule has 1 aromatic rings. The highest BCUT2D eigenvalue weighted by Gasteiger charge is 2.25. The van der Waals surface area contributed by atoms with Crippen LogP contribution in [0.2, 0.25) is 0 Å². The summed E-state index contributed by atoms with van der Waals surface area (Å²) < 4.78 is 27.6. The van der Waals surface area contributed by atoms with Crippen LogP contribution in [0.1, 0.15) is 6.92 Å². The molecule has 1 aromatic carbocycles. The lowest BCUT2D eigenvalue weighted by atomic mass is 10.1. The highest BCUT2D eigenvalue weighted by Crippen LogP contribution is 2.20. The maximum absolute atomic E-state index is 12.2. The number of nitrogens with one attached hydrogen (secondary N) is 1. The van der Waals surface area contributed by atoms with Crippen LogP contribution in [0.4, 0.5) is 5.69 Å². The van der Waals surface area contributed by atoms with E-state index in [1.165, 1.54) is 20.2 Å². The highest BCUT2D eigenvalue weighted by atomic mass is 32.2. The van der Waals surface area contributed by atoms with Gasteiger partial charge in [0.15, 0.2) is 0 Å². The van der Waals surface area contributed by atoms with Gasteiger partial charge in [0.1, 0.15) is 0 Å². The van der Waals surface area contributed by atoms with Crippen LogP contribution in [0, 0.1) is 0 Å². The maximum Gasteiger partial charge on any atom is 0.344 e. The number of carbonyl (C=O) groups is 1. The first-order valence-electron chi connectivity index (χ1n) is 6.05. The average Bonchev–Trinajstić information content (AvgIpc) is 2.42. The first-order valence-corrected chi connectivity index (χ1v) is 8.68. The Morgan fingerprint density at radius 1 is 1.38 bits per heavy atom. The Hall–Kier alpha value is -1.80. The zero-order valence-corrected chi connectivity index (χ0v) is 13.5. The molecule has 1 heterocycles. The van der Waals surface area contributed by atoms with Crippen LogP contribution in [-0.4, -0.2) is 37.6 Å². The topological polar surface area (TPSA) is 78.8 Å². The maximum atomic E-state index is 12.2. The van der Waals surface area contributed by atoms with E-state index in [-0.39, 0.29) is 11.3 Å². The number of rotatable bonds is 3. The van der Waals surface area contributed by atoms with Gasteiger partial charge in [-0.15, -0.1) is 16.2 Å². The molecule has 0 bridgehead atoms. The fraction of sp³-hybridized carbons (Fsp3) is 0.231. The van der Waals surface area contributed by atoms with Gasteiger partial charge in [-0.05, 0) is 31.4 Å². The van der Waals surface area contributed by atoms with E-state index in [2.05, 4.69) is 9.71 Å². The van der Waals surface area contributed by atoms with E-state index in [4.69, 9.17) is 0 Å². The molecule has 0 saturated carbocycles. The summed E-state index contributed by atoms with van der Waals surface area (Å²) in [5, 5.41) is 2.74. The molecule has 0 aromatic heterocycles. The van der Waals surface area contributed by atoms with Crippen molar-refractivity contribution in [2.45, 2.75) is 11.8 Å². The van der Waals surface area contributed by atoms with Crippen molar-refractivity contribution in [3.05, 3.63) is 36.0 Å². The number of hydrogen-bond acceptors (Lipinski definition) is 4. The van der Waals surface area contributed by atoms with Gasteiger partial charge in [0, 0.05) is 23.8 Å². The normalized spacial score (nSPS) is 17.0. The van der Waals surface area contributed by atoms with Crippen LogP contribution in [0.25, 0.3) is 0 Å². The number of nitrogens with zero attached hydrogens (tertiary/aromatic N) is 2. The molecule has 8 heteroatoms. The lowest BCUT2D eigenvalue weighted by Crippen LogP contribution is -2.30. The molecular weight excluding hydrogens is 310 g/mol. The summed E-state index contributed by atoms with van der Waals surface area (Å²) in [6, 6.07) is 7.40. The lowest BCUT2D eigenvalue weighted by molar-refractivity contribution is -0.112. The third-order valence-electron chi connectivity index (χ3n) is 2.89. The van der Waals surface area contributed by atoms with Gasteiger partial charge in [-0.1, -0.05) is 6.07 Å². The third kappa shape index (κ3) is 3.45. The number of amides is 1. The van der Waals surface area contributed by atoms with Crippen LogP contribution in [0.3, 0.4) is 0 Å². The standard InChI is InChI=1S/C13H15N3O3S2/c1-9-12(8-16(2)21(18,19)15-9)13(17)14-10-5-4-6-11(7-10)20-3/h4-8H,1-3H3,(H,14,17). The summed E-state index contributed by atoms with van der Waals surface area (Å²) in [7, 11) is -2.36. The van der Waals surface area contributed by atoms with Crippen LogP contribution >= 0.6 is 11.8 Å². The number of benzene rings is 1. The van der Waals surface area contributed by atoms with Crippen molar-refractivity contribution >= 4 is 39.3 Å². The fourth-order valence-electron chi connectivity index (χ4n) is 1.75. The van der Waals surface area contributed by atoms with Gasteiger partial charge >= 0.3 is 10.2 Å². The van der Waals surface area contributed by atoms with Crippen molar-refractivity contribution in [2.24, 2.45) is 4.40 Å². The molecule has 1 amide bonds. The highest BCUT2D eigenvalue weighted by molar-refractivity contribution is 7.98. The molecule has 1 aliphatic heterocycles. The smallest absolute Gasteiger partial charge is 0.322 e. The Morgan fingerprint density at radius 2 is 2.10 bits per heavy atom. The zero-order valence-electron chi connectivity index (χ0n) is 11.8. The number of thioether (sulfide) groups is 1. The molecule has 6 nitrogen and oxygen atoms in total. The van der Waals surface area contributed by atoms with Gasteiger partial charge in [0.05, 0.1) is 11.3 Å². The van der Waals surface area contributed by atoms with Crippen molar-refractivity contribution in [1.29, 1.82) is 0 Å². The van der Waals surface area contributed by atoms with Crippen molar-refractivity contribution in [3.63, 3.8) is 0 Å². The molecule has 2 rings (SSSR count). The molecule has 21 heavy (non-hydrogen) atoms. The van der Waals surface area contributed by atoms with Crippen molar-refractivity contribution in [3.8, 4) is 0 Å². The number of carbonyl (C=O) groups excluding carboxylic acids is 1. The Balaban J connectivity index is 2.23. The molecule has 0 radical (unpaired) electrons. The molecule has 0 atom stereocenters. The Kier molecular flexibility index (Phi) is 4.38. The summed E-state index contributed by atoms with van der Waals surface area (Å²) >= 11 is 1.57. The second kappa shape index (κ2) is 5.90. The van der Waals surface area contributed by atoms with Gasteiger partial charge in [-0.3, -0.25) is 9.10 Å². The van der Waals surface area contributed by atoms with E-state index >= 15 is 0 Å². The molecule has 1 N–H and O–H groups in total. The largest absolute Gasteiger partial charge is 0.344 e. The summed E-state index contributed by atoms with van der Waals surface area (Å²) in [6.07, 6.45) is 3.21. The SMILES string of the molecule is CSc1cccc(NC(=O)C2=CN(C)S(=O)(=O)N=C2C)c1. The van der Waals surface area contributed by atoms with Gasteiger partial charge in [0.2, 0.25) is 0 Å². The first-order chi connectivity index (χ1) is 9.83. The van der Waals surface area contributed by atoms with E-state index in [1.807, 2.05) is 24.5 Å². The molecule has 0 unspecified atom stereocenters. The van der Waals surface area contributed by atoms with Crippen LogP contribution in [0.15, 0.2) is 45.3 Å². The average molecular weight is 325 g/mol. The summed E-state index contributed by atoms with van der Waals surface area (Å²) in [5.74, 6) is -0.392. The van der Waals surface area contributed by atoms with Crippen LogP contribution in [-0.2, 0) is 15.0 Å². The molecule has 112 valence electrons.